The molecule has 4 heteroatoms. The number of nitrogens with one attached hydrogen (secondary N) is 1. The van der Waals surface area contributed by atoms with E-state index < -0.39 is 0 Å². The van der Waals surface area contributed by atoms with Crippen molar-refractivity contribution < 1.29 is 9.90 Å². The SMILES string of the molecule is CC(C)CC(CN)CC(=O)Nc1cccc(CCCO)c1. The minimum atomic E-state index is 0.0189. The topological polar surface area (TPSA) is 75.4 Å². The van der Waals surface area contributed by atoms with Crippen LogP contribution in [-0.2, 0) is 11.2 Å². The van der Waals surface area contributed by atoms with Gasteiger partial charge in [0.25, 0.3) is 0 Å². The van der Waals surface area contributed by atoms with Crippen LogP contribution < -0.4 is 11.1 Å². The van der Waals surface area contributed by atoms with Crippen molar-refractivity contribution in [1.82, 2.24) is 0 Å². The van der Waals surface area contributed by atoms with Crippen molar-refractivity contribution in [3.63, 3.8) is 0 Å². The van der Waals surface area contributed by atoms with Crippen LogP contribution in [0.5, 0.6) is 0 Å². The van der Waals surface area contributed by atoms with Crippen LogP contribution in [0.4, 0.5) is 5.69 Å². The summed E-state index contributed by atoms with van der Waals surface area (Å²) < 4.78 is 0. The maximum atomic E-state index is 12.1. The third kappa shape index (κ3) is 7.25. The van der Waals surface area contributed by atoms with E-state index in [2.05, 4.69) is 19.2 Å². The average Bonchev–Trinajstić information content (AvgIpc) is 2.44. The second-order valence-electron chi connectivity index (χ2n) is 6.01. The van der Waals surface area contributed by atoms with Crippen molar-refractivity contribution in [3.05, 3.63) is 29.8 Å². The summed E-state index contributed by atoms with van der Waals surface area (Å²) in [6.45, 7) is 5.02. The average molecular weight is 292 g/mol. The van der Waals surface area contributed by atoms with Gasteiger partial charge in [0, 0.05) is 18.7 Å². The molecule has 0 saturated heterocycles. The summed E-state index contributed by atoms with van der Waals surface area (Å²) in [5.41, 5.74) is 7.68. The van der Waals surface area contributed by atoms with E-state index >= 15 is 0 Å². The van der Waals surface area contributed by atoms with Crippen LogP contribution in [0, 0.1) is 11.8 Å². The predicted molar refractivity (Wildman–Crippen MR) is 87.1 cm³/mol. The zero-order chi connectivity index (χ0) is 15.7. The molecule has 4 nitrogen and oxygen atoms in total. The minimum absolute atomic E-state index is 0.0189. The molecule has 0 saturated carbocycles. The lowest BCUT2D eigenvalue weighted by Crippen LogP contribution is -2.23. The number of rotatable bonds is 9. The molecule has 1 rings (SSSR count). The molecule has 1 unspecified atom stereocenters. The van der Waals surface area contributed by atoms with Gasteiger partial charge in [-0.25, -0.2) is 0 Å². The van der Waals surface area contributed by atoms with E-state index in [1.807, 2.05) is 24.3 Å². The third-order valence-corrected chi connectivity index (χ3v) is 3.45. The van der Waals surface area contributed by atoms with Gasteiger partial charge < -0.3 is 16.2 Å². The van der Waals surface area contributed by atoms with Crippen LogP contribution >= 0.6 is 0 Å². The lowest BCUT2D eigenvalue weighted by atomic mass is 9.94. The molecule has 1 aromatic rings. The van der Waals surface area contributed by atoms with E-state index in [0.29, 0.717) is 18.9 Å². The van der Waals surface area contributed by atoms with Crippen LogP contribution in [0.25, 0.3) is 0 Å². The highest BCUT2D eigenvalue weighted by molar-refractivity contribution is 5.90. The van der Waals surface area contributed by atoms with E-state index in [1.165, 1.54) is 0 Å². The largest absolute Gasteiger partial charge is 0.396 e. The molecule has 1 aromatic carbocycles. The molecule has 1 amide bonds. The van der Waals surface area contributed by atoms with Crippen molar-refractivity contribution in [1.29, 1.82) is 0 Å². The van der Waals surface area contributed by atoms with E-state index in [1.54, 1.807) is 0 Å². The molecule has 0 heterocycles. The first-order valence-electron chi connectivity index (χ1n) is 7.74. The van der Waals surface area contributed by atoms with Crippen molar-refractivity contribution in [3.8, 4) is 0 Å². The van der Waals surface area contributed by atoms with Gasteiger partial charge >= 0.3 is 0 Å². The summed E-state index contributed by atoms with van der Waals surface area (Å²) in [6.07, 6.45) is 3.00. The van der Waals surface area contributed by atoms with E-state index in [0.717, 1.165) is 30.5 Å². The Morgan fingerprint density at radius 1 is 1.38 bits per heavy atom. The molecule has 0 aliphatic rings. The fourth-order valence-electron chi connectivity index (χ4n) is 2.49. The van der Waals surface area contributed by atoms with Gasteiger partial charge in [0.1, 0.15) is 0 Å². The molecule has 4 N–H and O–H groups in total. The van der Waals surface area contributed by atoms with Gasteiger partial charge in [-0.15, -0.1) is 0 Å². The van der Waals surface area contributed by atoms with Crippen molar-refractivity contribution >= 4 is 11.6 Å². The van der Waals surface area contributed by atoms with Gasteiger partial charge in [0.15, 0.2) is 0 Å². The Hall–Kier alpha value is -1.39. The van der Waals surface area contributed by atoms with Gasteiger partial charge in [0.2, 0.25) is 5.91 Å². The Morgan fingerprint density at radius 3 is 2.76 bits per heavy atom. The fraction of sp³-hybridized carbons (Fsp3) is 0.588. The second-order valence-corrected chi connectivity index (χ2v) is 6.01. The summed E-state index contributed by atoms with van der Waals surface area (Å²) in [5.74, 6) is 0.807. The molecule has 0 bridgehead atoms. The lowest BCUT2D eigenvalue weighted by molar-refractivity contribution is -0.117. The number of amides is 1. The first kappa shape index (κ1) is 17.7. The monoisotopic (exact) mass is 292 g/mol. The smallest absolute Gasteiger partial charge is 0.224 e. The molecular weight excluding hydrogens is 264 g/mol. The van der Waals surface area contributed by atoms with E-state index in [-0.39, 0.29) is 18.4 Å². The van der Waals surface area contributed by atoms with Crippen molar-refractivity contribution in [2.75, 3.05) is 18.5 Å². The van der Waals surface area contributed by atoms with Crippen molar-refractivity contribution in [2.24, 2.45) is 17.6 Å². The fourth-order valence-corrected chi connectivity index (χ4v) is 2.49. The van der Waals surface area contributed by atoms with Crippen LogP contribution in [0.3, 0.4) is 0 Å². The van der Waals surface area contributed by atoms with Crippen molar-refractivity contribution in [2.45, 2.75) is 39.5 Å². The number of carbonyl (C=O) groups is 1. The van der Waals surface area contributed by atoms with Crippen LogP contribution in [0.2, 0.25) is 0 Å². The molecule has 0 aliphatic carbocycles. The van der Waals surface area contributed by atoms with Gasteiger partial charge in [-0.05, 0) is 55.3 Å². The number of benzene rings is 1. The molecule has 0 fully saturated rings. The Bertz CT molecular complexity index is 433. The number of hydrogen-bond donors (Lipinski definition) is 3. The minimum Gasteiger partial charge on any atom is -0.396 e. The Morgan fingerprint density at radius 2 is 2.14 bits per heavy atom. The second kappa shape index (κ2) is 9.53. The van der Waals surface area contributed by atoms with Crippen LogP contribution in [-0.4, -0.2) is 24.2 Å². The number of carbonyl (C=O) groups excluding carboxylic acids is 1. The lowest BCUT2D eigenvalue weighted by Gasteiger charge is -2.16. The number of anilines is 1. The zero-order valence-corrected chi connectivity index (χ0v) is 13.1. The third-order valence-electron chi connectivity index (χ3n) is 3.45. The highest BCUT2D eigenvalue weighted by Gasteiger charge is 2.14. The summed E-state index contributed by atoms with van der Waals surface area (Å²) in [7, 11) is 0. The molecule has 0 aromatic heterocycles. The highest BCUT2D eigenvalue weighted by Crippen LogP contribution is 2.17. The maximum absolute atomic E-state index is 12.1. The first-order chi connectivity index (χ1) is 10.0. The number of hydrogen-bond acceptors (Lipinski definition) is 3. The molecule has 0 radical (unpaired) electrons. The summed E-state index contributed by atoms with van der Waals surface area (Å²) in [4.78, 5) is 12.1. The van der Waals surface area contributed by atoms with Gasteiger partial charge in [-0.2, -0.15) is 0 Å². The molecule has 0 aliphatic heterocycles. The molecule has 21 heavy (non-hydrogen) atoms. The molecule has 1 atom stereocenters. The summed E-state index contributed by atoms with van der Waals surface area (Å²) >= 11 is 0. The quantitative estimate of drug-likeness (QED) is 0.655. The normalized spacial score (nSPS) is 12.4. The van der Waals surface area contributed by atoms with Crippen LogP contribution in [0.15, 0.2) is 24.3 Å². The standard InChI is InChI=1S/C17H28N2O2/c1-13(2)9-15(12-18)11-17(21)19-16-7-3-5-14(10-16)6-4-8-20/h3,5,7,10,13,15,20H,4,6,8-9,11-12,18H2,1-2H3,(H,19,21). The van der Waals surface area contributed by atoms with E-state index in [9.17, 15) is 4.79 Å². The number of nitrogens with two attached hydrogens (primary N) is 1. The Kier molecular flexibility index (Phi) is 8.01. The summed E-state index contributed by atoms with van der Waals surface area (Å²) in [5, 5.41) is 11.8. The molecular formula is C17H28N2O2. The van der Waals surface area contributed by atoms with Gasteiger partial charge in [-0.1, -0.05) is 26.0 Å². The molecule has 0 spiro atoms. The number of aliphatic hydroxyl groups excluding tert-OH is 1. The number of aliphatic hydroxyl groups is 1. The first-order valence-corrected chi connectivity index (χ1v) is 7.74. The van der Waals surface area contributed by atoms with Gasteiger partial charge in [0.05, 0.1) is 0 Å². The Balaban J connectivity index is 2.53. The molecule has 118 valence electrons. The summed E-state index contributed by atoms with van der Waals surface area (Å²) in [6, 6.07) is 7.79. The Labute approximate surface area is 127 Å². The highest BCUT2D eigenvalue weighted by atomic mass is 16.2. The number of aryl methyl sites for hydroxylation is 1. The maximum Gasteiger partial charge on any atom is 0.224 e. The van der Waals surface area contributed by atoms with Crippen LogP contribution in [0.1, 0.15) is 38.7 Å². The van der Waals surface area contributed by atoms with E-state index in [4.69, 9.17) is 10.8 Å². The van der Waals surface area contributed by atoms with Gasteiger partial charge in [-0.3, -0.25) is 4.79 Å². The zero-order valence-electron chi connectivity index (χ0n) is 13.1. The predicted octanol–water partition coefficient (Wildman–Crippen LogP) is 2.56.